The first-order valence-electron chi connectivity index (χ1n) is 13.6. The Balaban J connectivity index is 1.56. The summed E-state index contributed by atoms with van der Waals surface area (Å²) in [6.45, 7) is 5.61. The van der Waals surface area contributed by atoms with E-state index in [1.807, 2.05) is 43.3 Å². The normalized spacial score (nSPS) is 12.8. The van der Waals surface area contributed by atoms with Crippen molar-refractivity contribution in [3.63, 3.8) is 0 Å². The lowest BCUT2D eigenvalue weighted by molar-refractivity contribution is 0.102. The molecule has 0 spiro atoms. The van der Waals surface area contributed by atoms with Gasteiger partial charge in [-0.1, -0.05) is 48.0 Å². The highest BCUT2D eigenvalue weighted by atomic mass is 16.5. The number of hydrogen-bond donors (Lipinski definition) is 1. The summed E-state index contributed by atoms with van der Waals surface area (Å²) >= 11 is 0. The first-order chi connectivity index (χ1) is 19.1. The van der Waals surface area contributed by atoms with Gasteiger partial charge in [0, 0.05) is 35.6 Å². The molecule has 1 N–H and O–H groups in total. The van der Waals surface area contributed by atoms with Crippen LogP contribution in [0.2, 0.25) is 0 Å². The van der Waals surface area contributed by atoms with E-state index in [-0.39, 0.29) is 5.91 Å². The molecule has 6 heteroatoms. The average molecular weight is 520 g/mol. The van der Waals surface area contributed by atoms with Gasteiger partial charge in [-0.25, -0.2) is 0 Å². The van der Waals surface area contributed by atoms with E-state index < -0.39 is 0 Å². The van der Waals surface area contributed by atoms with Gasteiger partial charge < -0.3 is 19.4 Å². The quantitative estimate of drug-likeness (QED) is 0.244. The van der Waals surface area contributed by atoms with Crippen LogP contribution in [0.25, 0.3) is 28.0 Å². The third-order valence-corrected chi connectivity index (χ3v) is 7.48. The predicted molar refractivity (Wildman–Crippen MR) is 156 cm³/mol. The molecule has 3 heterocycles. The van der Waals surface area contributed by atoms with E-state index in [0.717, 1.165) is 59.6 Å². The standard InChI is InChI=1S/C33H33N3O3/c1-4-39-26-17-15-24(16-18-26)30-28-10-5-6-19-35-29(23-13-11-22(2)12-14-23)21-36(33(28)35)31(30)32(37)34-25-8-7-9-27(20-25)38-3/h7-9,11-18,20-21H,4-6,10,19H2,1-3H3,(H,34,37). The van der Waals surface area contributed by atoms with Gasteiger partial charge in [-0.3, -0.25) is 9.20 Å². The molecule has 6 rings (SSSR count). The van der Waals surface area contributed by atoms with Gasteiger partial charge in [-0.05, 0) is 68.5 Å². The van der Waals surface area contributed by atoms with Crippen molar-refractivity contribution in [3.8, 4) is 33.9 Å². The number of imidazole rings is 1. The number of ether oxygens (including phenoxy) is 2. The Kier molecular flexibility index (Phi) is 6.61. The van der Waals surface area contributed by atoms with Crippen LogP contribution in [0.3, 0.4) is 0 Å². The first kappa shape index (κ1) is 24.9. The van der Waals surface area contributed by atoms with Gasteiger partial charge in [0.05, 0.1) is 19.4 Å². The molecular formula is C33H33N3O3. The van der Waals surface area contributed by atoms with E-state index in [0.29, 0.717) is 23.7 Å². The number of anilines is 1. The Morgan fingerprint density at radius 2 is 1.72 bits per heavy atom. The Morgan fingerprint density at radius 1 is 0.949 bits per heavy atom. The van der Waals surface area contributed by atoms with Gasteiger partial charge in [0.25, 0.3) is 5.91 Å². The van der Waals surface area contributed by atoms with Crippen LogP contribution in [0.5, 0.6) is 11.5 Å². The van der Waals surface area contributed by atoms with Gasteiger partial charge >= 0.3 is 0 Å². The third-order valence-electron chi connectivity index (χ3n) is 7.48. The molecule has 0 bridgehead atoms. The molecule has 0 saturated heterocycles. The van der Waals surface area contributed by atoms with E-state index in [1.165, 1.54) is 11.1 Å². The van der Waals surface area contributed by atoms with Crippen molar-refractivity contribution in [2.45, 2.75) is 39.7 Å². The van der Waals surface area contributed by atoms with Crippen molar-refractivity contribution < 1.29 is 14.3 Å². The summed E-state index contributed by atoms with van der Waals surface area (Å²) in [7, 11) is 1.63. The second-order valence-corrected chi connectivity index (χ2v) is 10.0. The second kappa shape index (κ2) is 10.4. The van der Waals surface area contributed by atoms with Crippen LogP contribution in [0, 0.1) is 6.92 Å². The minimum atomic E-state index is -0.151. The highest BCUT2D eigenvalue weighted by molar-refractivity contribution is 6.10. The fourth-order valence-corrected chi connectivity index (χ4v) is 5.65. The maximum absolute atomic E-state index is 14.1. The van der Waals surface area contributed by atoms with Gasteiger partial charge in [0.15, 0.2) is 0 Å². The average Bonchev–Trinajstić information content (AvgIpc) is 3.37. The Hall–Kier alpha value is -4.45. The SMILES string of the molecule is CCOc1ccc(-c2c3c4n(c(-c5ccc(C)cc5)cn4c2C(=O)Nc2cccc(OC)c2)CCCC3)cc1. The number of amides is 1. The number of carbonyl (C=O) groups is 1. The van der Waals surface area contributed by atoms with E-state index in [4.69, 9.17) is 9.47 Å². The number of rotatable bonds is 7. The summed E-state index contributed by atoms with van der Waals surface area (Å²) in [6.07, 6.45) is 5.20. The second-order valence-electron chi connectivity index (χ2n) is 10.0. The van der Waals surface area contributed by atoms with Crippen LogP contribution in [0.4, 0.5) is 5.69 Å². The number of methoxy groups -OCH3 is 1. The van der Waals surface area contributed by atoms with Crippen molar-refractivity contribution in [2.75, 3.05) is 19.0 Å². The van der Waals surface area contributed by atoms with Crippen LogP contribution in [0.15, 0.2) is 79.0 Å². The molecule has 0 radical (unpaired) electrons. The molecule has 1 aliphatic heterocycles. The van der Waals surface area contributed by atoms with Crippen LogP contribution in [0.1, 0.15) is 41.4 Å². The highest BCUT2D eigenvalue weighted by Gasteiger charge is 2.29. The number of carbonyl (C=O) groups excluding carboxylic acids is 1. The maximum Gasteiger partial charge on any atom is 0.273 e. The molecular weight excluding hydrogens is 486 g/mol. The molecule has 6 nitrogen and oxygen atoms in total. The minimum Gasteiger partial charge on any atom is -0.497 e. The number of nitrogens with zero attached hydrogens (tertiary/aromatic N) is 2. The van der Waals surface area contributed by atoms with E-state index in [1.54, 1.807) is 7.11 Å². The number of benzene rings is 3. The summed E-state index contributed by atoms with van der Waals surface area (Å²) in [4.78, 5) is 14.1. The molecule has 2 aromatic heterocycles. The monoisotopic (exact) mass is 519 g/mol. The molecule has 5 aromatic rings. The van der Waals surface area contributed by atoms with Gasteiger partial charge in [-0.2, -0.15) is 0 Å². The van der Waals surface area contributed by atoms with Crippen molar-refractivity contribution in [3.05, 3.63) is 95.8 Å². The minimum absolute atomic E-state index is 0.151. The lowest BCUT2D eigenvalue weighted by atomic mass is 9.97. The molecule has 198 valence electrons. The molecule has 0 saturated carbocycles. The first-order valence-corrected chi connectivity index (χ1v) is 13.6. The molecule has 0 fully saturated rings. The maximum atomic E-state index is 14.1. The third kappa shape index (κ3) is 4.56. The molecule has 0 atom stereocenters. The Labute approximate surface area is 228 Å². The molecule has 1 aliphatic rings. The van der Waals surface area contributed by atoms with E-state index in [9.17, 15) is 4.79 Å². The van der Waals surface area contributed by atoms with Crippen LogP contribution in [-0.2, 0) is 13.0 Å². The summed E-state index contributed by atoms with van der Waals surface area (Å²) < 4.78 is 15.6. The summed E-state index contributed by atoms with van der Waals surface area (Å²) in [5.41, 5.74) is 9.15. The van der Waals surface area contributed by atoms with Crippen LogP contribution >= 0.6 is 0 Å². The largest absolute Gasteiger partial charge is 0.497 e. The number of aromatic nitrogens is 2. The van der Waals surface area contributed by atoms with Crippen LogP contribution < -0.4 is 14.8 Å². The highest BCUT2D eigenvalue weighted by Crippen LogP contribution is 2.40. The summed E-state index contributed by atoms with van der Waals surface area (Å²) in [5, 5.41) is 3.14. The fraction of sp³-hybridized carbons (Fsp3) is 0.242. The van der Waals surface area contributed by atoms with Crippen molar-refractivity contribution in [1.82, 2.24) is 8.97 Å². The predicted octanol–water partition coefficient (Wildman–Crippen LogP) is 7.38. The summed E-state index contributed by atoms with van der Waals surface area (Å²) in [6, 6.07) is 24.2. The lowest BCUT2D eigenvalue weighted by Gasteiger charge is -2.11. The van der Waals surface area contributed by atoms with E-state index in [2.05, 4.69) is 63.8 Å². The molecule has 0 aliphatic carbocycles. The van der Waals surface area contributed by atoms with Crippen molar-refractivity contribution in [1.29, 1.82) is 0 Å². The zero-order valence-electron chi connectivity index (χ0n) is 22.7. The number of nitrogens with one attached hydrogen (secondary N) is 1. The number of hydrogen-bond acceptors (Lipinski definition) is 3. The summed E-state index contributed by atoms with van der Waals surface area (Å²) in [5.74, 6) is 1.37. The van der Waals surface area contributed by atoms with Crippen LogP contribution in [-0.4, -0.2) is 28.6 Å². The van der Waals surface area contributed by atoms with Gasteiger partial charge in [0.2, 0.25) is 0 Å². The smallest absolute Gasteiger partial charge is 0.273 e. The van der Waals surface area contributed by atoms with Crippen molar-refractivity contribution >= 4 is 17.2 Å². The van der Waals surface area contributed by atoms with E-state index >= 15 is 0 Å². The Bertz CT molecular complexity index is 1640. The number of aryl methyl sites for hydroxylation is 3. The Morgan fingerprint density at radius 3 is 2.46 bits per heavy atom. The molecule has 1 amide bonds. The molecule has 39 heavy (non-hydrogen) atoms. The molecule has 0 unspecified atom stereocenters. The van der Waals surface area contributed by atoms with Crippen molar-refractivity contribution in [2.24, 2.45) is 0 Å². The van der Waals surface area contributed by atoms with Gasteiger partial charge in [0.1, 0.15) is 22.8 Å². The van der Waals surface area contributed by atoms with Gasteiger partial charge in [-0.15, -0.1) is 0 Å². The topological polar surface area (TPSA) is 56.9 Å². The zero-order chi connectivity index (χ0) is 26.9. The lowest BCUT2D eigenvalue weighted by Crippen LogP contribution is -2.15. The zero-order valence-corrected chi connectivity index (χ0v) is 22.7. The molecule has 3 aromatic carbocycles. The fourth-order valence-electron chi connectivity index (χ4n) is 5.65.